The van der Waals surface area contributed by atoms with Gasteiger partial charge in [0.15, 0.2) is 0 Å². The van der Waals surface area contributed by atoms with E-state index >= 15 is 0 Å². The van der Waals surface area contributed by atoms with Crippen molar-refractivity contribution in [2.45, 2.75) is 38.3 Å². The second-order valence-electron chi connectivity index (χ2n) is 5.17. The maximum absolute atomic E-state index is 5.97. The van der Waals surface area contributed by atoms with Crippen LogP contribution in [0.4, 0.5) is 0 Å². The maximum atomic E-state index is 5.97. The standard InChI is InChI=1S/C15H25N3O/c1-2-9-19-14-6-4-8-18(12-14)15(10-16)13-5-3-7-17-11-13/h3,5,7,11,14-15H,2,4,6,8-10,12,16H2,1H3. The first-order valence-electron chi connectivity index (χ1n) is 7.30. The fourth-order valence-electron chi connectivity index (χ4n) is 2.74. The Morgan fingerprint density at radius 2 is 2.47 bits per heavy atom. The summed E-state index contributed by atoms with van der Waals surface area (Å²) in [6, 6.07) is 4.36. The molecule has 1 aliphatic heterocycles. The van der Waals surface area contributed by atoms with Crippen LogP contribution in [0.5, 0.6) is 0 Å². The van der Waals surface area contributed by atoms with Crippen molar-refractivity contribution in [3.63, 3.8) is 0 Å². The number of nitrogens with two attached hydrogens (primary N) is 1. The highest BCUT2D eigenvalue weighted by Crippen LogP contribution is 2.24. The topological polar surface area (TPSA) is 51.4 Å². The summed E-state index contributed by atoms with van der Waals surface area (Å²) >= 11 is 0. The Bertz CT molecular complexity index is 358. The quantitative estimate of drug-likeness (QED) is 0.852. The van der Waals surface area contributed by atoms with E-state index < -0.39 is 0 Å². The highest BCUT2D eigenvalue weighted by Gasteiger charge is 2.26. The first-order valence-corrected chi connectivity index (χ1v) is 7.30. The van der Waals surface area contributed by atoms with Crippen LogP contribution in [0.1, 0.15) is 37.8 Å². The van der Waals surface area contributed by atoms with E-state index in [0.717, 1.165) is 26.1 Å². The minimum absolute atomic E-state index is 0.265. The molecule has 0 bridgehead atoms. The van der Waals surface area contributed by atoms with Crippen molar-refractivity contribution >= 4 is 0 Å². The van der Waals surface area contributed by atoms with E-state index in [1.54, 1.807) is 6.20 Å². The number of hydrogen-bond acceptors (Lipinski definition) is 4. The molecule has 0 amide bonds. The van der Waals surface area contributed by atoms with Gasteiger partial charge in [-0.25, -0.2) is 0 Å². The number of pyridine rings is 1. The third kappa shape index (κ3) is 4.00. The van der Waals surface area contributed by atoms with Gasteiger partial charge in [0.25, 0.3) is 0 Å². The zero-order chi connectivity index (χ0) is 13.5. The van der Waals surface area contributed by atoms with Crippen LogP contribution in [0.25, 0.3) is 0 Å². The van der Waals surface area contributed by atoms with Crippen molar-refractivity contribution in [1.29, 1.82) is 0 Å². The normalized spacial score (nSPS) is 22.3. The van der Waals surface area contributed by atoms with Gasteiger partial charge in [0.05, 0.1) is 6.10 Å². The third-order valence-electron chi connectivity index (χ3n) is 3.70. The summed E-state index contributed by atoms with van der Waals surface area (Å²) in [5.74, 6) is 0. The molecule has 1 aromatic rings. The molecule has 0 aromatic carbocycles. The van der Waals surface area contributed by atoms with Gasteiger partial charge < -0.3 is 10.5 Å². The number of likely N-dealkylation sites (tertiary alicyclic amines) is 1. The Hall–Kier alpha value is -0.970. The Morgan fingerprint density at radius 1 is 1.58 bits per heavy atom. The summed E-state index contributed by atoms with van der Waals surface area (Å²) in [6.07, 6.45) is 7.53. The molecule has 0 radical (unpaired) electrons. The summed E-state index contributed by atoms with van der Waals surface area (Å²) in [7, 11) is 0. The van der Waals surface area contributed by atoms with Gasteiger partial charge in [0, 0.05) is 38.1 Å². The SMILES string of the molecule is CCCOC1CCCN(C(CN)c2cccnc2)C1. The van der Waals surface area contributed by atoms with Crippen molar-refractivity contribution in [3.8, 4) is 0 Å². The predicted molar refractivity (Wildman–Crippen MR) is 76.9 cm³/mol. The zero-order valence-electron chi connectivity index (χ0n) is 11.8. The fourth-order valence-corrected chi connectivity index (χ4v) is 2.74. The van der Waals surface area contributed by atoms with Gasteiger partial charge in [0.2, 0.25) is 0 Å². The molecule has 0 spiro atoms. The number of nitrogens with zero attached hydrogens (tertiary/aromatic N) is 2. The van der Waals surface area contributed by atoms with E-state index in [4.69, 9.17) is 10.5 Å². The average molecular weight is 263 g/mol. The molecular formula is C15H25N3O. The van der Waals surface area contributed by atoms with Gasteiger partial charge in [-0.05, 0) is 37.4 Å². The van der Waals surface area contributed by atoms with Crippen LogP contribution in [0, 0.1) is 0 Å². The van der Waals surface area contributed by atoms with Crippen LogP contribution in [-0.4, -0.2) is 42.2 Å². The molecule has 2 rings (SSSR count). The first-order chi connectivity index (χ1) is 9.35. The Labute approximate surface area is 116 Å². The third-order valence-corrected chi connectivity index (χ3v) is 3.70. The molecule has 2 atom stereocenters. The summed E-state index contributed by atoms with van der Waals surface area (Å²) < 4.78 is 5.89. The minimum atomic E-state index is 0.265. The van der Waals surface area contributed by atoms with E-state index in [2.05, 4.69) is 22.9 Å². The van der Waals surface area contributed by atoms with Crippen LogP contribution in [0.2, 0.25) is 0 Å². The van der Waals surface area contributed by atoms with Crippen molar-refractivity contribution in [2.24, 2.45) is 5.73 Å². The summed E-state index contributed by atoms with van der Waals surface area (Å²) in [6.45, 7) is 5.73. The number of hydrogen-bond donors (Lipinski definition) is 1. The van der Waals surface area contributed by atoms with E-state index in [1.807, 2.05) is 12.3 Å². The number of rotatable bonds is 6. The highest BCUT2D eigenvalue weighted by molar-refractivity contribution is 5.14. The molecule has 2 unspecified atom stereocenters. The lowest BCUT2D eigenvalue weighted by Crippen LogP contribution is -2.44. The van der Waals surface area contributed by atoms with Gasteiger partial charge >= 0.3 is 0 Å². The second kappa shape index (κ2) is 7.58. The maximum Gasteiger partial charge on any atom is 0.0702 e. The van der Waals surface area contributed by atoms with Gasteiger partial charge in [-0.3, -0.25) is 9.88 Å². The molecule has 1 aliphatic rings. The van der Waals surface area contributed by atoms with Crippen LogP contribution < -0.4 is 5.73 Å². The van der Waals surface area contributed by atoms with Crippen molar-refractivity contribution in [3.05, 3.63) is 30.1 Å². The largest absolute Gasteiger partial charge is 0.377 e. The molecule has 1 aromatic heterocycles. The van der Waals surface area contributed by atoms with Crippen LogP contribution >= 0.6 is 0 Å². The van der Waals surface area contributed by atoms with Gasteiger partial charge in [-0.1, -0.05) is 13.0 Å². The highest BCUT2D eigenvalue weighted by atomic mass is 16.5. The van der Waals surface area contributed by atoms with Gasteiger partial charge in [-0.15, -0.1) is 0 Å². The number of piperidine rings is 1. The average Bonchev–Trinajstić information content (AvgIpc) is 2.47. The second-order valence-corrected chi connectivity index (χ2v) is 5.17. The monoisotopic (exact) mass is 263 g/mol. The van der Waals surface area contributed by atoms with Crippen LogP contribution in [0.15, 0.2) is 24.5 Å². The summed E-state index contributed by atoms with van der Waals surface area (Å²) in [5, 5.41) is 0. The lowest BCUT2D eigenvalue weighted by Gasteiger charge is -2.37. The first kappa shape index (κ1) is 14.4. The molecule has 4 heteroatoms. The molecule has 106 valence electrons. The van der Waals surface area contributed by atoms with Crippen molar-refractivity contribution < 1.29 is 4.74 Å². The molecule has 0 aliphatic carbocycles. The molecule has 2 heterocycles. The van der Waals surface area contributed by atoms with Crippen molar-refractivity contribution in [1.82, 2.24) is 9.88 Å². The minimum Gasteiger partial charge on any atom is -0.377 e. The van der Waals surface area contributed by atoms with E-state index in [-0.39, 0.29) is 6.04 Å². The van der Waals surface area contributed by atoms with E-state index in [9.17, 15) is 0 Å². The molecule has 1 saturated heterocycles. The van der Waals surface area contributed by atoms with Crippen LogP contribution in [0.3, 0.4) is 0 Å². The Morgan fingerprint density at radius 3 is 3.16 bits per heavy atom. The molecule has 4 nitrogen and oxygen atoms in total. The van der Waals surface area contributed by atoms with E-state index in [1.165, 1.54) is 18.4 Å². The lowest BCUT2D eigenvalue weighted by molar-refractivity contribution is -0.0119. The molecular weight excluding hydrogens is 238 g/mol. The predicted octanol–water partition coefficient (Wildman–Crippen LogP) is 1.97. The summed E-state index contributed by atoms with van der Waals surface area (Å²) in [4.78, 5) is 6.65. The fraction of sp³-hybridized carbons (Fsp3) is 0.667. The molecule has 0 saturated carbocycles. The summed E-state index contributed by atoms with van der Waals surface area (Å²) in [5.41, 5.74) is 7.18. The van der Waals surface area contributed by atoms with Crippen molar-refractivity contribution in [2.75, 3.05) is 26.2 Å². The van der Waals surface area contributed by atoms with Gasteiger partial charge in [-0.2, -0.15) is 0 Å². The zero-order valence-corrected chi connectivity index (χ0v) is 11.8. The molecule has 19 heavy (non-hydrogen) atoms. The Balaban J connectivity index is 1.98. The van der Waals surface area contributed by atoms with Crippen LogP contribution in [-0.2, 0) is 4.74 Å². The smallest absolute Gasteiger partial charge is 0.0702 e. The van der Waals surface area contributed by atoms with E-state index in [0.29, 0.717) is 12.6 Å². The molecule has 2 N–H and O–H groups in total. The Kier molecular flexibility index (Phi) is 5.76. The lowest BCUT2D eigenvalue weighted by atomic mass is 10.0. The number of ether oxygens (including phenoxy) is 1. The number of aromatic nitrogens is 1. The molecule has 1 fully saturated rings. The van der Waals surface area contributed by atoms with Gasteiger partial charge in [0.1, 0.15) is 0 Å².